The minimum absolute atomic E-state index is 0.0116. The fourth-order valence-electron chi connectivity index (χ4n) is 7.25. The Hall–Kier alpha value is -4.07. The standard InChI is InChI=1S/C33H33F2N5O3/c1-20-24(26-15-23(41)14-21-4-7-28(35)27(17-36)29(21)26)5-6-25-30(20)37-32(38-31(25)39-9-3-12-42-13-11-39)43-19-33-8-2-10-40(33)18-22(34)16-33/h4-7,14-15,22,41H,2-3,8-13,16,18-19H2,1H3/t22-,33+/m1/s1. The Kier molecular flexibility index (Phi) is 7.02. The average molecular weight is 586 g/mol. The van der Waals surface area contributed by atoms with Crippen molar-refractivity contribution < 1.29 is 23.4 Å². The van der Waals surface area contributed by atoms with Crippen molar-refractivity contribution in [1.29, 1.82) is 5.26 Å². The van der Waals surface area contributed by atoms with Gasteiger partial charge in [0, 0.05) is 43.4 Å². The van der Waals surface area contributed by atoms with Crippen LogP contribution in [0.3, 0.4) is 0 Å². The number of phenols is 1. The molecule has 1 aromatic heterocycles. The van der Waals surface area contributed by atoms with Crippen LogP contribution in [0.25, 0.3) is 32.8 Å². The van der Waals surface area contributed by atoms with Crippen LogP contribution in [0.5, 0.6) is 11.8 Å². The van der Waals surface area contributed by atoms with Crippen molar-refractivity contribution in [2.45, 2.75) is 44.3 Å². The molecule has 3 aliphatic rings. The van der Waals surface area contributed by atoms with Gasteiger partial charge in [-0.15, -0.1) is 0 Å². The second kappa shape index (κ2) is 10.9. The van der Waals surface area contributed by atoms with E-state index in [0.29, 0.717) is 66.7 Å². The van der Waals surface area contributed by atoms with E-state index >= 15 is 0 Å². The fraction of sp³-hybridized carbons (Fsp3) is 0.424. The van der Waals surface area contributed by atoms with Crippen LogP contribution in [-0.2, 0) is 4.74 Å². The van der Waals surface area contributed by atoms with E-state index < -0.39 is 12.0 Å². The third-order valence-corrected chi connectivity index (χ3v) is 9.29. The quantitative estimate of drug-likeness (QED) is 0.321. The lowest BCUT2D eigenvalue weighted by molar-refractivity contribution is 0.107. The van der Waals surface area contributed by atoms with Gasteiger partial charge in [-0.3, -0.25) is 4.90 Å². The first-order chi connectivity index (χ1) is 20.9. The van der Waals surface area contributed by atoms with E-state index in [4.69, 9.17) is 19.4 Å². The predicted molar refractivity (Wildman–Crippen MR) is 160 cm³/mol. The molecular formula is C33H33F2N5O3. The SMILES string of the molecule is Cc1c(-c2cc(O)cc3ccc(F)c(C#N)c23)ccc2c(N3CCCOCC3)nc(OC[C@@]34CCCN3C[C@H](F)C4)nc12. The number of aromatic nitrogens is 2. The lowest BCUT2D eigenvalue weighted by Gasteiger charge is -2.31. The zero-order chi connectivity index (χ0) is 29.7. The molecule has 0 amide bonds. The third-order valence-electron chi connectivity index (χ3n) is 9.29. The molecule has 10 heteroatoms. The maximum Gasteiger partial charge on any atom is 0.319 e. The molecule has 1 N–H and O–H groups in total. The van der Waals surface area contributed by atoms with Gasteiger partial charge in [-0.05, 0) is 79.1 Å². The molecule has 0 unspecified atom stereocenters. The number of ether oxygens (including phenoxy) is 2. The largest absolute Gasteiger partial charge is 0.508 e. The number of hydrogen-bond donors (Lipinski definition) is 1. The van der Waals surface area contributed by atoms with E-state index in [9.17, 15) is 19.1 Å². The van der Waals surface area contributed by atoms with Crippen molar-refractivity contribution in [3.8, 4) is 29.0 Å². The smallest absolute Gasteiger partial charge is 0.319 e. The van der Waals surface area contributed by atoms with Gasteiger partial charge in [-0.2, -0.15) is 15.2 Å². The summed E-state index contributed by atoms with van der Waals surface area (Å²) in [5.41, 5.74) is 2.27. The summed E-state index contributed by atoms with van der Waals surface area (Å²) < 4.78 is 41.3. The van der Waals surface area contributed by atoms with Gasteiger partial charge < -0.3 is 19.5 Å². The van der Waals surface area contributed by atoms with E-state index in [1.165, 1.54) is 12.1 Å². The number of hydrogen-bond acceptors (Lipinski definition) is 8. The molecule has 0 saturated carbocycles. The topological polar surface area (TPSA) is 94.7 Å². The normalized spacial score (nSPS) is 22.6. The molecule has 2 atom stereocenters. The number of anilines is 1. The predicted octanol–water partition coefficient (Wildman–Crippen LogP) is 5.66. The number of fused-ring (bicyclic) bond motifs is 3. The summed E-state index contributed by atoms with van der Waals surface area (Å²) >= 11 is 0. The summed E-state index contributed by atoms with van der Waals surface area (Å²) in [5.74, 6) is 0.129. The Labute approximate surface area is 248 Å². The van der Waals surface area contributed by atoms with E-state index in [1.54, 1.807) is 12.1 Å². The van der Waals surface area contributed by atoms with E-state index in [1.807, 2.05) is 25.1 Å². The Bertz CT molecular complexity index is 1770. The van der Waals surface area contributed by atoms with Gasteiger partial charge in [0.25, 0.3) is 0 Å². The molecule has 222 valence electrons. The van der Waals surface area contributed by atoms with E-state index in [0.717, 1.165) is 49.1 Å². The fourth-order valence-corrected chi connectivity index (χ4v) is 7.25. The third kappa shape index (κ3) is 4.81. The number of nitriles is 1. The van der Waals surface area contributed by atoms with Gasteiger partial charge in [0.1, 0.15) is 36.2 Å². The molecule has 7 rings (SSSR count). The van der Waals surface area contributed by atoms with Crippen molar-refractivity contribution in [2.24, 2.45) is 0 Å². The lowest BCUT2D eigenvalue weighted by Crippen LogP contribution is -2.43. The van der Waals surface area contributed by atoms with Gasteiger partial charge in [-0.25, -0.2) is 8.78 Å². The zero-order valence-electron chi connectivity index (χ0n) is 24.1. The first-order valence-electron chi connectivity index (χ1n) is 14.9. The molecule has 0 radical (unpaired) electrons. The zero-order valence-corrected chi connectivity index (χ0v) is 24.1. The number of aryl methyl sites for hydroxylation is 1. The van der Waals surface area contributed by atoms with Crippen molar-refractivity contribution in [3.05, 3.63) is 53.3 Å². The number of alkyl halides is 1. The van der Waals surface area contributed by atoms with Crippen LogP contribution in [0.1, 0.15) is 36.8 Å². The average Bonchev–Trinajstić information content (AvgIpc) is 3.37. The molecule has 3 aromatic carbocycles. The minimum Gasteiger partial charge on any atom is -0.508 e. The summed E-state index contributed by atoms with van der Waals surface area (Å²) in [7, 11) is 0. The monoisotopic (exact) mass is 585 g/mol. The second-order valence-corrected chi connectivity index (χ2v) is 11.9. The molecule has 0 aliphatic carbocycles. The van der Waals surface area contributed by atoms with Gasteiger partial charge in [0.2, 0.25) is 0 Å². The number of benzene rings is 3. The van der Waals surface area contributed by atoms with Crippen LogP contribution >= 0.6 is 0 Å². The molecule has 3 aliphatic heterocycles. The van der Waals surface area contributed by atoms with Crippen LogP contribution in [0.2, 0.25) is 0 Å². The first kappa shape index (κ1) is 27.7. The van der Waals surface area contributed by atoms with Crippen molar-refractivity contribution >= 4 is 27.5 Å². The summed E-state index contributed by atoms with van der Waals surface area (Å²) in [6.45, 7) is 6.21. The molecular weight excluding hydrogens is 552 g/mol. The number of phenolic OH excluding ortho intramolecular Hbond substituents is 1. The Morgan fingerprint density at radius 3 is 2.86 bits per heavy atom. The van der Waals surface area contributed by atoms with Crippen LogP contribution in [0, 0.1) is 24.1 Å². The van der Waals surface area contributed by atoms with Gasteiger partial charge in [-0.1, -0.05) is 12.1 Å². The number of halogens is 2. The van der Waals surface area contributed by atoms with Crippen molar-refractivity contribution in [1.82, 2.24) is 14.9 Å². The Morgan fingerprint density at radius 1 is 1.12 bits per heavy atom. The summed E-state index contributed by atoms with van der Waals surface area (Å²) in [4.78, 5) is 14.2. The van der Waals surface area contributed by atoms with Crippen LogP contribution in [-0.4, -0.2) is 77.7 Å². The number of rotatable bonds is 5. The number of nitrogens with zero attached hydrogens (tertiary/aromatic N) is 5. The summed E-state index contributed by atoms with van der Waals surface area (Å²) in [6, 6.07) is 12.0. The molecule has 0 bridgehead atoms. The number of aromatic hydroxyl groups is 1. The summed E-state index contributed by atoms with van der Waals surface area (Å²) in [5, 5.41) is 22.2. The Morgan fingerprint density at radius 2 is 2.00 bits per heavy atom. The highest BCUT2D eigenvalue weighted by molar-refractivity contribution is 6.05. The van der Waals surface area contributed by atoms with Crippen LogP contribution in [0.15, 0.2) is 36.4 Å². The maximum absolute atomic E-state index is 14.8. The highest BCUT2D eigenvalue weighted by atomic mass is 19.1. The lowest BCUT2D eigenvalue weighted by atomic mass is 9.91. The van der Waals surface area contributed by atoms with Crippen LogP contribution < -0.4 is 9.64 Å². The highest BCUT2D eigenvalue weighted by Gasteiger charge is 2.49. The molecule has 3 saturated heterocycles. The van der Waals surface area contributed by atoms with Gasteiger partial charge >= 0.3 is 6.01 Å². The Balaban J connectivity index is 1.38. The van der Waals surface area contributed by atoms with E-state index in [2.05, 4.69) is 9.80 Å². The molecule has 4 aromatic rings. The van der Waals surface area contributed by atoms with Gasteiger partial charge in [0.15, 0.2) is 0 Å². The molecule has 8 nitrogen and oxygen atoms in total. The van der Waals surface area contributed by atoms with Crippen molar-refractivity contribution in [2.75, 3.05) is 50.9 Å². The second-order valence-electron chi connectivity index (χ2n) is 11.9. The molecule has 3 fully saturated rings. The summed E-state index contributed by atoms with van der Waals surface area (Å²) in [6.07, 6.45) is 2.33. The van der Waals surface area contributed by atoms with Crippen LogP contribution in [0.4, 0.5) is 14.6 Å². The van der Waals surface area contributed by atoms with Gasteiger partial charge in [0.05, 0.1) is 23.2 Å². The highest BCUT2D eigenvalue weighted by Crippen LogP contribution is 2.42. The maximum atomic E-state index is 14.8. The molecule has 4 heterocycles. The van der Waals surface area contributed by atoms with E-state index in [-0.39, 0.29) is 22.9 Å². The molecule has 43 heavy (non-hydrogen) atoms. The van der Waals surface area contributed by atoms with Crippen molar-refractivity contribution in [3.63, 3.8) is 0 Å². The minimum atomic E-state index is -0.862. The molecule has 0 spiro atoms. The first-order valence-corrected chi connectivity index (χ1v) is 14.9.